The molecule has 0 bridgehead atoms. The Balaban J connectivity index is 0.00000127. The van der Waals surface area contributed by atoms with Crippen LogP contribution < -0.4 is 10.6 Å². The van der Waals surface area contributed by atoms with E-state index in [4.69, 9.17) is 0 Å². The SMILES string of the molecule is C=C.CCCNc1ccc(NC(=O)Cc2ccccc2)cc1C. The van der Waals surface area contributed by atoms with Gasteiger partial charge in [0.25, 0.3) is 0 Å². The Morgan fingerprint density at radius 1 is 1.09 bits per heavy atom. The van der Waals surface area contributed by atoms with Crippen LogP contribution in [0.1, 0.15) is 24.5 Å². The van der Waals surface area contributed by atoms with Crippen LogP contribution in [0.5, 0.6) is 0 Å². The van der Waals surface area contributed by atoms with Gasteiger partial charge >= 0.3 is 0 Å². The monoisotopic (exact) mass is 310 g/mol. The minimum absolute atomic E-state index is 0.00914. The van der Waals surface area contributed by atoms with Crippen molar-refractivity contribution in [3.63, 3.8) is 0 Å². The van der Waals surface area contributed by atoms with Crippen LogP contribution in [-0.4, -0.2) is 12.5 Å². The molecule has 0 saturated carbocycles. The summed E-state index contributed by atoms with van der Waals surface area (Å²) in [6.07, 6.45) is 1.49. The minimum atomic E-state index is 0.00914. The number of aryl methyl sites for hydroxylation is 1. The molecule has 0 heterocycles. The average Bonchev–Trinajstić information content (AvgIpc) is 2.57. The van der Waals surface area contributed by atoms with Crippen LogP contribution in [0.3, 0.4) is 0 Å². The van der Waals surface area contributed by atoms with Gasteiger partial charge in [-0.15, -0.1) is 13.2 Å². The quantitative estimate of drug-likeness (QED) is 0.752. The number of benzene rings is 2. The van der Waals surface area contributed by atoms with E-state index < -0.39 is 0 Å². The van der Waals surface area contributed by atoms with E-state index in [1.165, 1.54) is 0 Å². The van der Waals surface area contributed by atoms with E-state index >= 15 is 0 Å². The number of amides is 1. The fraction of sp³-hybridized carbons (Fsp3) is 0.250. The number of nitrogens with one attached hydrogen (secondary N) is 2. The summed E-state index contributed by atoms with van der Waals surface area (Å²) >= 11 is 0. The lowest BCUT2D eigenvalue weighted by atomic mass is 10.1. The highest BCUT2D eigenvalue weighted by atomic mass is 16.1. The maximum absolute atomic E-state index is 12.0. The van der Waals surface area contributed by atoms with Gasteiger partial charge < -0.3 is 10.6 Å². The maximum atomic E-state index is 12.0. The number of anilines is 2. The Bertz CT molecular complexity index is 608. The van der Waals surface area contributed by atoms with Crippen LogP contribution >= 0.6 is 0 Å². The average molecular weight is 310 g/mol. The Hall–Kier alpha value is -2.55. The van der Waals surface area contributed by atoms with Crippen molar-refractivity contribution >= 4 is 17.3 Å². The predicted molar refractivity (Wildman–Crippen MR) is 100.0 cm³/mol. The molecular weight excluding hydrogens is 284 g/mol. The Morgan fingerprint density at radius 2 is 1.78 bits per heavy atom. The number of carbonyl (C=O) groups is 1. The summed E-state index contributed by atoms with van der Waals surface area (Å²) in [5.41, 5.74) is 4.13. The summed E-state index contributed by atoms with van der Waals surface area (Å²) in [5, 5.41) is 6.32. The molecule has 2 aromatic rings. The van der Waals surface area contributed by atoms with E-state index in [9.17, 15) is 4.79 Å². The normalized spacial score (nSPS) is 9.48. The molecule has 2 aromatic carbocycles. The number of carbonyl (C=O) groups excluding carboxylic acids is 1. The molecule has 2 N–H and O–H groups in total. The first kappa shape index (κ1) is 18.5. The first-order valence-corrected chi connectivity index (χ1v) is 7.87. The summed E-state index contributed by atoms with van der Waals surface area (Å²) in [7, 11) is 0. The van der Waals surface area contributed by atoms with Crippen LogP contribution in [-0.2, 0) is 11.2 Å². The first-order valence-electron chi connectivity index (χ1n) is 7.87. The van der Waals surface area contributed by atoms with E-state index in [2.05, 4.69) is 30.7 Å². The molecule has 3 heteroatoms. The van der Waals surface area contributed by atoms with Crippen LogP contribution in [0.15, 0.2) is 61.7 Å². The summed E-state index contributed by atoms with van der Waals surface area (Å²) in [6, 6.07) is 15.7. The van der Waals surface area contributed by atoms with Gasteiger partial charge in [-0.3, -0.25) is 4.79 Å². The summed E-state index contributed by atoms with van der Waals surface area (Å²) in [6.45, 7) is 11.1. The van der Waals surface area contributed by atoms with Crippen molar-refractivity contribution in [1.29, 1.82) is 0 Å². The molecule has 23 heavy (non-hydrogen) atoms. The molecule has 0 unspecified atom stereocenters. The molecule has 122 valence electrons. The molecular formula is C20H26N2O. The molecule has 0 atom stereocenters. The zero-order chi connectivity index (χ0) is 17.1. The summed E-state index contributed by atoms with van der Waals surface area (Å²) < 4.78 is 0. The van der Waals surface area contributed by atoms with Gasteiger partial charge in [0.1, 0.15) is 0 Å². The van der Waals surface area contributed by atoms with Crippen molar-refractivity contribution in [3.8, 4) is 0 Å². The first-order chi connectivity index (χ1) is 11.2. The zero-order valence-electron chi connectivity index (χ0n) is 14.1. The van der Waals surface area contributed by atoms with E-state index in [1.54, 1.807) is 0 Å². The second-order valence-corrected chi connectivity index (χ2v) is 5.17. The third kappa shape index (κ3) is 6.39. The van der Waals surface area contributed by atoms with Gasteiger partial charge in [-0.25, -0.2) is 0 Å². The number of hydrogen-bond donors (Lipinski definition) is 2. The van der Waals surface area contributed by atoms with E-state index in [-0.39, 0.29) is 5.91 Å². The molecule has 0 aromatic heterocycles. The van der Waals surface area contributed by atoms with Crippen LogP contribution in [0.2, 0.25) is 0 Å². The largest absolute Gasteiger partial charge is 0.385 e. The van der Waals surface area contributed by atoms with Gasteiger partial charge in [-0.2, -0.15) is 0 Å². The molecule has 1 amide bonds. The lowest BCUT2D eigenvalue weighted by Gasteiger charge is -2.11. The van der Waals surface area contributed by atoms with Crippen LogP contribution in [0.25, 0.3) is 0 Å². The zero-order valence-corrected chi connectivity index (χ0v) is 14.1. The van der Waals surface area contributed by atoms with Gasteiger partial charge in [0.05, 0.1) is 6.42 Å². The van der Waals surface area contributed by atoms with Gasteiger partial charge in [0.15, 0.2) is 0 Å². The van der Waals surface area contributed by atoms with Crippen molar-refractivity contribution < 1.29 is 4.79 Å². The predicted octanol–water partition coefficient (Wildman–Crippen LogP) is 4.80. The molecule has 0 aliphatic carbocycles. The summed E-state index contributed by atoms with van der Waals surface area (Å²) in [5.74, 6) is 0.00914. The molecule has 0 saturated heterocycles. The number of hydrogen-bond acceptors (Lipinski definition) is 2. The molecule has 2 rings (SSSR count). The van der Waals surface area contributed by atoms with Crippen molar-refractivity contribution in [3.05, 3.63) is 72.8 Å². The molecule has 0 radical (unpaired) electrons. The highest BCUT2D eigenvalue weighted by Gasteiger charge is 2.05. The Labute approximate surface area is 139 Å². The highest BCUT2D eigenvalue weighted by molar-refractivity contribution is 5.92. The van der Waals surface area contributed by atoms with Crippen LogP contribution in [0.4, 0.5) is 11.4 Å². The van der Waals surface area contributed by atoms with Crippen molar-refractivity contribution in [2.45, 2.75) is 26.7 Å². The van der Waals surface area contributed by atoms with Gasteiger partial charge in [-0.1, -0.05) is 37.3 Å². The standard InChI is InChI=1S/C18H22N2O.C2H4/c1-3-11-19-17-10-9-16(12-14(17)2)20-18(21)13-15-7-5-4-6-8-15;1-2/h4-10,12,19H,3,11,13H2,1-2H3,(H,20,21);1-2H2. The third-order valence-corrected chi connectivity index (χ3v) is 3.28. The van der Waals surface area contributed by atoms with E-state index in [1.807, 2.05) is 55.5 Å². The van der Waals surface area contributed by atoms with Gasteiger partial charge in [0, 0.05) is 17.9 Å². The lowest BCUT2D eigenvalue weighted by Crippen LogP contribution is -2.14. The highest BCUT2D eigenvalue weighted by Crippen LogP contribution is 2.19. The Kier molecular flexibility index (Phi) is 8.22. The molecule has 3 nitrogen and oxygen atoms in total. The smallest absolute Gasteiger partial charge is 0.228 e. The Morgan fingerprint density at radius 3 is 2.39 bits per heavy atom. The lowest BCUT2D eigenvalue weighted by molar-refractivity contribution is -0.115. The number of rotatable bonds is 6. The van der Waals surface area contributed by atoms with Gasteiger partial charge in [0.2, 0.25) is 5.91 Å². The topological polar surface area (TPSA) is 41.1 Å². The molecule has 0 aliphatic heterocycles. The second kappa shape index (κ2) is 10.2. The fourth-order valence-corrected chi connectivity index (χ4v) is 2.19. The minimum Gasteiger partial charge on any atom is -0.385 e. The van der Waals surface area contributed by atoms with Crippen molar-refractivity contribution in [2.75, 3.05) is 17.2 Å². The van der Waals surface area contributed by atoms with Crippen molar-refractivity contribution in [1.82, 2.24) is 0 Å². The molecule has 0 aliphatic rings. The molecule has 0 spiro atoms. The third-order valence-electron chi connectivity index (χ3n) is 3.28. The van der Waals surface area contributed by atoms with E-state index in [0.29, 0.717) is 6.42 Å². The second-order valence-electron chi connectivity index (χ2n) is 5.17. The maximum Gasteiger partial charge on any atom is 0.228 e. The van der Waals surface area contributed by atoms with Crippen LogP contribution in [0, 0.1) is 6.92 Å². The van der Waals surface area contributed by atoms with E-state index in [0.717, 1.165) is 35.5 Å². The fourth-order valence-electron chi connectivity index (χ4n) is 2.19. The van der Waals surface area contributed by atoms with Gasteiger partial charge in [-0.05, 0) is 42.7 Å². The van der Waals surface area contributed by atoms with Crippen molar-refractivity contribution in [2.24, 2.45) is 0 Å². The molecule has 0 fully saturated rings. The summed E-state index contributed by atoms with van der Waals surface area (Å²) in [4.78, 5) is 12.0.